The van der Waals surface area contributed by atoms with Crippen LogP contribution in [0.4, 0.5) is 23.2 Å². The van der Waals surface area contributed by atoms with Crippen LogP contribution in [0.1, 0.15) is 55.5 Å². The van der Waals surface area contributed by atoms with E-state index >= 15 is 0 Å². The molecule has 10 nitrogen and oxygen atoms in total. The molecular weight excluding hydrogens is 546 g/mol. The second-order valence-electron chi connectivity index (χ2n) is 10.5. The molecule has 1 atom stereocenters. The highest BCUT2D eigenvalue weighted by Crippen LogP contribution is 2.29. The van der Waals surface area contributed by atoms with Gasteiger partial charge in [-0.3, -0.25) is 14.6 Å². The van der Waals surface area contributed by atoms with Crippen LogP contribution >= 0.6 is 0 Å². The van der Waals surface area contributed by atoms with Gasteiger partial charge in [0.15, 0.2) is 0 Å². The van der Waals surface area contributed by atoms with Gasteiger partial charge in [0.25, 0.3) is 5.91 Å². The first-order chi connectivity index (χ1) is 19.3. The lowest BCUT2D eigenvalue weighted by atomic mass is 9.90. The summed E-state index contributed by atoms with van der Waals surface area (Å²) >= 11 is 0. The Kier molecular flexibility index (Phi) is 8.48. The summed E-state index contributed by atoms with van der Waals surface area (Å²) in [6, 6.07) is 7.95. The number of hydrogen-bond donors (Lipinski definition) is 4. The van der Waals surface area contributed by atoms with Crippen LogP contribution in [-0.4, -0.2) is 68.1 Å². The third-order valence-corrected chi connectivity index (χ3v) is 6.93. The summed E-state index contributed by atoms with van der Waals surface area (Å²) in [4.78, 5) is 28.8. The molecule has 1 aliphatic carbocycles. The van der Waals surface area contributed by atoms with Crippen LogP contribution in [0.5, 0.6) is 0 Å². The SMILES string of the molecule is CC(C)(O)[C@H](F)CNC(=O)c1cnc(-c2ccc3cc(C#N)cnn23)cc1N[C@H]1CC[C@@H](NC(=O)C(F)(F)F)CC1. The summed E-state index contributed by atoms with van der Waals surface area (Å²) in [6.07, 6.45) is -2.54. The normalized spacial score (nSPS) is 18.4. The van der Waals surface area contributed by atoms with E-state index in [0.29, 0.717) is 53.8 Å². The molecule has 4 rings (SSSR count). The minimum absolute atomic E-state index is 0.102. The van der Waals surface area contributed by atoms with Crippen LogP contribution in [0.3, 0.4) is 0 Å². The number of amides is 2. The number of rotatable bonds is 8. The fraction of sp³-hybridized carbons (Fsp3) is 0.444. The number of anilines is 1. The average Bonchev–Trinajstić information content (AvgIpc) is 3.34. The van der Waals surface area contributed by atoms with Gasteiger partial charge in [0.05, 0.1) is 52.1 Å². The second-order valence-corrected chi connectivity index (χ2v) is 10.5. The highest BCUT2D eigenvalue weighted by molar-refractivity contribution is 6.00. The first-order valence-corrected chi connectivity index (χ1v) is 12.9. The molecule has 0 radical (unpaired) electrons. The molecule has 41 heavy (non-hydrogen) atoms. The standard InChI is InChI=1S/C27H29F4N7O3/c1-26(2,41)23(28)14-34-24(39)19-13-33-21(22-8-7-18-9-15(11-32)12-35-38(18)22)10-20(19)36-16-3-5-17(6-4-16)37-25(40)27(29,30)31/h7-10,12-13,16-17,23,41H,3-6,14H2,1-2H3,(H,33,36)(H,34,39)(H,37,40)/t16-,17+,23-/m1/s1. The number of fused-ring (bicyclic) bond motifs is 1. The van der Waals surface area contributed by atoms with Gasteiger partial charge in [-0.15, -0.1) is 0 Å². The van der Waals surface area contributed by atoms with Gasteiger partial charge in [-0.05, 0) is 63.8 Å². The maximum Gasteiger partial charge on any atom is 0.471 e. The maximum absolute atomic E-state index is 14.3. The van der Waals surface area contributed by atoms with Crippen molar-refractivity contribution < 1.29 is 32.3 Å². The first-order valence-electron chi connectivity index (χ1n) is 12.9. The van der Waals surface area contributed by atoms with Crippen LogP contribution < -0.4 is 16.0 Å². The fourth-order valence-electron chi connectivity index (χ4n) is 4.55. The molecule has 0 spiro atoms. The molecule has 1 saturated carbocycles. The van der Waals surface area contributed by atoms with Gasteiger partial charge in [0, 0.05) is 18.3 Å². The van der Waals surface area contributed by atoms with Crippen molar-refractivity contribution >= 4 is 23.0 Å². The van der Waals surface area contributed by atoms with Crippen LogP contribution in [0.2, 0.25) is 0 Å². The summed E-state index contributed by atoms with van der Waals surface area (Å²) < 4.78 is 53.8. The van der Waals surface area contributed by atoms with Crippen LogP contribution in [-0.2, 0) is 4.79 Å². The van der Waals surface area contributed by atoms with Gasteiger partial charge in [-0.25, -0.2) is 8.91 Å². The lowest BCUT2D eigenvalue weighted by molar-refractivity contribution is -0.174. The quantitative estimate of drug-likeness (QED) is 0.301. The smallest absolute Gasteiger partial charge is 0.387 e. The molecule has 0 aliphatic heterocycles. The zero-order valence-electron chi connectivity index (χ0n) is 22.3. The molecule has 3 aromatic rings. The molecule has 0 saturated heterocycles. The third-order valence-electron chi connectivity index (χ3n) is 6.93. The van der Waals surface area contributed by atoms with Crippen molar-refractivity contribution in [2.45, 2.75) is 69.6 Å². The number of hydrogen-bond acceptors (Lipinski definition) is 7. The Labute approximate surface area is 232 Å². The van der Waals surface area contributed by atoms with Gasteiger partial charge >= 0.3 is 12.1 Å². The Morgan fingerprint density at radius 1 is 1.15 bits per heavy atom. The van der Waals surface area contributed by atoms with Gasteiger partial charge < -0.3 is 21.1 Å². The number of aromatic nitrogens is 3. The summed E-state index contributed by atoms with van der Waals surface area (Å²) in [5, 5.41) is 31.0. The van der Waals surface area contributed by atoms with E-state index in [1.54, 1.807) is 28.8 Å². The van der Waals surface area contributed by atoms with E-state index in [1.165, 1.54) is 26.2 Å². The molecular formula is C27H29F4N7O3. The topological polar surface area (TPSA) is 144 Å². The van der Waals surface area contributed by atoms with E-state index in [2.05, 4.69) is 20.7 Å². The van der Waals surface area contributed by atoms with E-state index in [-0.39, 0.29) is 11.6 Å². The molecule has 1 aliphatic rings. The predicted octanol–water partition coefficient (Wildman–Crippen LogP) is 3.51. The minimum atomic E-state index is -4.96. The predicted molar refractivity (Wildman–Crippen MR) is 141 cm³/mol. The van der Waals surface area contributed by atoms with E-state index in [0.717, 1.165) is 0 Å². The largest absolute Gasteiger partial charge is 0.471 e. The van der Waals surface area contributed by atoms with E-state index in [4.69, 9.17) is 5.26 Å². The van der Waals surface area contributed by atoms with Crippen LogP contribution in [0, 0.1) is 11.3 Å². The fourth-order valence-corrected chi connectivity index (χ4v) is 4.55. The summed E-state index contributed by atoms with van der Waals surface area (Å²) in [7, 11) is 0. The first kappa shape index (κ1) is 29.7. The number of carbonyl (C=O) groups excluding carboxylic acids is 2. The number of carbonyl (C=O) groups is 2. The number of halogens is 4. The molecule has 218 valence electrons. The number of aliphatic hydroxyl groups is 1. The number of nitrogens with one attached hydrogen (secondary N) is 3. The van der Waals surface area contributed by atoms with Gasteiger partial charge in [-0.2, -0.15) is 23.5 Å². The molecule has 4 N–H and O–H groups in total. The zero-order valence-corrected chi connectivity index (χ0v) is 22.3. The highest BCUT2D eigenvalue weighted by Gasteiger charge is 2.40. The van der Waals surface area contributed by atoms with Crippen LogP contribution in [0.25, 0.3) is 16.9 Å². The third kappa shape index (κ3) is 7.10. The maximum atomic E-state index is 14.3. The molecule has 0 bridgehead atoms. The molecule has 3 aromatic heterocycles. The monoisotopic (exact) mass is 575 g/mol. The Morgan fingerprint density at radius 2 is 1.83 bits per heavy atom. The molecule has 2 amide bonds. The van der Waals surface area contributed by atoms with Gasteiger partial charge in [0.2, 0.25) is 0 Å². The van der Waals surface area contributed by atoms with Crippen molar-refractivity contribution in [3.8, 4) is 17.5 Å². The summed E-state index contributed by atoms with van der Waals surface area (Å²) in [5.74, 6) is -2.61. The van der Waals surface area contributed by atoms with E-state index in [9.17, 15) is 32.3 Å². The minimum Gasteiger partial charge on any atom is -0.387 e. The second kappa shape index (κ2) is 11.7. The lowest BCUT2D eigenvalue weighted by Crippen LogP contribution is -2.45. The molecule has 3 heterocycles. The van der Waals surface area contributed by atoms with Gasteiger partial charge in [-0.1, -0.05) is 0 Å². The highest BCUT2D eigenvalue weighted by atomic mass is 19.4. The number of pyridine rings is 1. The van der Waals surface area contributed by atoms with Crippen molar-refractivity contribution in [1.29, 1.82) is 5.26 Å². The van der Waals surface area contributed by atoms with E-state index < -0.39 is 42.3 Å². The number of alkyl halides is 4. The van der Waals surface area contributed by atoms with Crippen molar-refractivity contribution in [2.75, 3.05) is 11.9 Å². The molecule has 0 aromatic carbocycles. The van der Waals surface area contributed by atoms with Crippen molar-refractivity contribution in [2.24, 2.45) is 0 Å². The van der Waals surface area contributed by atoms with E-state index in [1.807, 2.05) is 11.4 Å². The molecule has 14 heteroatoms. The Morgan fingerprint density at radius 3 is 2.46 bits per heavy atom. The average molecular weight is 576 g/mol. The Balaban J connectivity index is 1.57. The number of nitrogens with zero attached hydrogens (tertiary/aromatic N) is 4. The van der Waals surface area contributed by atoms with Crippen molar-refractivity contribution in [1.82, 2.24) is 25.2 Å². The lowest BCUT2D eigenvalue weighted by Gasteiger charge is -2.31. The van der Waals surface area contributed by atoms with Crippen molar-refractivity contribution in [3.63, 3.8) is 0 Å². The number of nitriles is 1. The van der Waals surface area contributed by atoms with Crippen molar-refractivity contribution in [3.05, 3.63) is 47.8 Å². The summed E-state index contributed by atoms with van der Waals surface area (Å²) in [5.41, 5.74) is 0.838. The molecule has 0 unspecified atom stereocenters. The zero-order chi connectivity index (χ0) is 29.9. The summed E-state index contributed by atoms with van der Waals surface area (Å²) in [6.45, 7) is 2.13. The Hall–Kier alpha value is -4.25. The Bertz CT molecular complexity index is 1470. The molecule has 1 fully saturated rings. The van der Waals surface area contributed by atoms with Crippen LogP contribution in [0.15, 0.2) is 36.7 Å². The van der Waals surface area contributed by atoms with Gasteiger partial charge in [0.1, 0.15) is 12.2 Å².